The van der Waals surface area contributed by atoms with Gasteiger partial charge in [0.15, 0.2) is 0 Å². The van der Waals surface area contributed by atoms with Gasteiger partial charge in [0.1, 0.15) is 12.2 Å². The number of aliphatic hydroxyl groups is 4. The van der Waals surface area contributed by atoms with Gasteiger partial charge in [0.2, 0.25) is 5.91 Å². The van der Waals surface area contributed by atoms with Crippen molar-refractivity contribution in [2.24, 2.45) is 0 Å². The SMILES string of the molecule is CCCCCCCCCCCCCCCCCCCCCCCCCCCCCCCCCCCCC(O)C(=O)NC(CO)C(O)C(O)CCCCCCCCCCCCCC. The maximum absolute atomic E-state index is 12.6. The van der Waals surface area contributed by atoms with E-state index in [0.717, 1.165) is 38.5 Å². The minimum Gasteiger partial charge on any atom is -0.394 e. The molecule has 0 aliphatic rings. The van der Waals surface area contributed by atoms with Crippen LogP contribution in [-0.2, 0) is 4.79 Å². The highest BCUT2D eigenvalue weighted by atomic mass is 16.3. The Morgan fingerprint density at radius 1 is 0.339 bits per heavy atom. The molecule has 0 aliphatic carbocycles. The van der Waals surface area contributed by atoms with Gasteiger partial charge in [0.05, 0.1) is 18.8 Å². The van der Waals surface area contributed by atoms with Crippen LogP contribution in [0.5, 0.6) is 0 Å². The number of unbranched alkanes of at least 4 members (excludes halogenated alkanes) is 44. The van der Waals surface area contributed by atoms with Gasteiger partial charge in [-0.05, 0) is 12.8 Å². The Labute approximate surface area is 388 Å². The van der Waals surface area contributed by atoms with Crippen molar-refractivity contribution >= 4 is 5.91 Å². The number of carbonyl (C=O) groups excluding carboxylic acids is 1. The van der Waals surface area contributed by atoms with Crippen LogP contribution in [0, 0.1) is 0 Å². The van der Waals surface area contributed by atoms with Crippen LogP contribution < -0.4 is 5.32 Å². The first-order valence-electron chi connectivity index (χ1n) is 28.4. The summed E-state index contributed by atoms with van der Waals surface area (Å²) in [5.74, 6) is -0.577. The molecular formula is C56H113NO5. The third-order valence-electron chi connectivity index (χ3n) is 13.8. The van der Waals surface area contributed by atoms with E-state index in [9.17, 15) is 25.2 Å². The van der Waals surface area contributed by atoms with Crippen LogP contribution >= 0.6 is 0 Å². The second kappa shape index (κ2) is 51.3. The standard InChI is InChI=1S/C56H113NO5/c1-3-5-7-9-11-13-15-17-18-19-20-21-22-23-24-25-26-27-28-29-30-31-32-33-34-35-36-37-38-40-42-44-46-48-50-54(60)56(62)57-52(51-58)55(61)53(59)49-47-45-43-41-39-16-14-12-10-8-6-4-2/h52-55,58-61H,3-51H2,1-2H3,(H,57,62). The highest BCUT2D eigenvalue weighted by molar-refractivity contribution is 5.80. The van der Waals surface area contributed by atoms with Crippen molar-refractivity contribution < 1.29 is 25.2 Å². The summed E-state index contributed by atoms with van der Waals surface area (Å²) in [7, 11) is 0. The van der Waals surface area contributed by atoms with Crippen molar-refractivity contribution in [3.8, 4) is 0 Å². The molecule has 0 aromatic heterocycles. The maximum Gasteiger partial charge on any atom is 0.249 e. The molecule has 0 saturated heterocycles. The van der Waals surface area contributed by atoms with Gasteiger partial charge in [-0.2, -0.15) is 0 Å². The van der Waals surface area contributed by atoms with Gasteiger partial charge in [0, 0.05) is 0 Å². The second-order valence-electron chi connectivity index (χ2n) is 20.0. The smallest absolute Gasteiger partial charge is 0.249 e. The lowest BCUT2D eigenvalue weighted by molar-refractivity contribution is -0.132. The van der Waals surface area contributed by atoms with E-state index in [1.807, 2.05) is 0 Å². The van der Waals surface area contributed by atoms with Crippen molar-refractivity contribution in [1.29, 1.82) is 0 Å². The topological polar surface area (TPSA) is 110 Å². The summed E-state index contributed by atoms with van der Waals surface area (Å²) in [4.78, 5) is 12.6. The van der Waals surface area contributed by atoms with Crippen LogP contribution in [0.25, 0.3) is 0 Å². The number of amides is 1. The lowest BCUT2D eigenvalue weighted by Crippen LogP contribution is -2.53. The molecule has 6 heteroatoms. The van der Waals surface area contributed by atoms with Gasteiger partial charge in [0.25, 0.3) is 0 Å². The van der Waals surface area contributed by atoms with Crippen molar-refractivity contribution in [1.82, 2.24) is 5.32 Å². The summed E-state index contributed by atoms with van der Waals surface area (Å²) >= 11 is 0. The van der Waals surface area contributed by atoms with E-state index < -0.39 is 36.9 Å². The Kier molecular flexibility index (Phi) is 50.7. The maximum atomic E-state index is 12.6. The van der Waals surface area contributed by atoms with Gasteiger partial charge in [-0.15, -0.1) is 0 Å². The summed E-state index contributed by atoms with van der Waals surface area (Å²) in [6, 6.07) is -0.979. The molecule has 62 heavy (non-hydrogen) atoms. The molecule has 0 aliphatic heterocycles. The first-order chi connectivity index (χ1) is 30.5. The van der Waals surface area contributed by atoms with Crippen LogP contribution in [-0.4, -0.2) is 57.3 Å². The third kappa shape index (κ3) is 44.5. The minimum absolute atomic E-state index is 0.376. The van der Waals surface area contributed by atoms with Gasteiger partial charge in [-0.1, -0.05) is 309 Å². The molecule has 0 fully saturated rings. The Bertz CT molecular complexity index is 856. The lowest BCUT2D eigenvalue weighted by atomic mass is 9.99. The van der Waals surface area contributed by atoms with Crippen molar-refractivity contribution in [3.05, 3.63) is 0 Å². The first-order valence-corrected chi connectivity index (χ1v) is 28.4. The molecule has 0 rings (SSSR count). The second-order valence-corrected chi connectivity index (χ2v) is 20.0. The van der Waals surface area contributed by atoms with E-state index in [1.54, 1.807) is 0 Å². The van der Waals surface area contributed by atoms with Crippen LogP contribution in [0.15, 0.2) is 0 Å². The van der Waals surface area contributed by atoms with E-state index >= 15 is 0 Å². The molecule has 0 radical (unpaired) electrons. The normalized spacial score (nSPS) is 13.7. The van der Waals surface area contributed by atoms with E-state index in [1.165, 1.54) is 257 Å². The zero-order valence-electron chi connectivity index (χ0n) is 42.2. The van der Waals surface area contributed by atoms with Crippen molar-refractivity contribution in [3.63, 3.8) is 0 Å². The number of aliphatic hydroxyl groups excluding tert-OH is 4. The molecule has 1 amide bonds. The summed E-state index contributed by atoms with van der Waals surface area (Å²) in [6.07, 6.45) is 59.1. The fraction of sp³-hybridized carbons (Fsp3) is 0.982. The Balaban J connectivity index is 3.47. The molecule has 0 spiro atoms. The molecule has 0 aromatic carbocycles. The lowest BCUT2D eigenvalue weighted by Gasteiger charge is -2.27. The Morgan fingerprint density at radius 2 is 0.548 bits per heavy atom. The average Bonchev–Trinajstić information content (AvgIpc) is 3.28. The van der Waals surface area contributed by atoms with E-state index in [0.29, 0.717) is 12.8 Å². The minimum atomic E-state index is -1.25. The quantitative estimate of drug-likeness (QED) is 0.0391. The van der Waals surface area contributed by atoms with Gasteiger partial charge in [-0.3, -0.25) is 4.79 Å². The number of hydrogen-bond donors (Lipinski definition) is 5. The molecular weight excluding hydrogens is 767 g/mol. The largest absolute Gasteiger partial charge is 0.394 e. The van der Waals surface area contributed by atoms with E-state index in [-0.39, 0.29) is 0 Å². The van der Waals surface area contributed by atoms with Crippen LogP contribution in [0.4, 0.5) is 0 Å². The number of hydrogen-bond acceptors (Lipinski definition) is 5. The fourth-order valence-corrected chi connectivity index (χ4v) is 9.35. The van der Waals surface area contributed by atoms with E-state index in [2.05, 4.69) is 19.2 Å². The highest BCUT2D eigenvalue weighted by Crippen LogP contribution is 2.19. The van der Waals surface area contributed by atoms with E-state index in [4.69, 9.17) is 0 Å². The average molecular weight is 881 g/mol. The van der Waals surface area contributed by atoms with Gasteiger partial charge >= 0.3 is 0 Å². The monoisotopic (exact) mass is 880 g/mol. The van der Waals surface area contributed by atoms with Crippen molar-refractivity contribution in [2.45, 2.75) is 346 Å². The summed E-state index contributed by atoms with van der Waals surface area (Å²) in [5.41, 5.74) is 0. The number of rotatable bonds is 53. The number of carbonyl (C=O) groups is 1. The zero-order chi connectivity index (χ0) is 45.2. The Hall–Kier alpha value is -0.690. The third-order valence-corrected chi connectivity index (χ3v) is 13.8. The Morgan fingerprint density at radius 3 is 0.774 bits per heavy atom. The van der Waals surface area contributed by atoms with Gasteiger partial charge < -0.3 is 25.7 Å². The molecule has 4 atom stereocenters. The molecule has 372 valence electrons. The molecule has 6 nitrogen and oxygen atoms in total. The predicted octanol–water partition coefficient (Wildman–Crippen LogP) is 16.3. The molecule has 0 bridgehead atoms. The molecule has 0 saturated carbocycles. The molecule has 0 heterocycles. The number of nitrogens with one attached hydrogen (secondary N) is 1. The van der Waals surface area contributed by atoms with Crippen LogP contribution in [0.1, 0.15) is 322 Å². The summed E-state index contributed by atoms with van der Waals surface area (Å²) < 4.78 is 0. The van der Waals surface area contributed by atoms with Crippen molar-refractivity contribution in [2.75, 3.05) is 6.61 Å². The predicted molar refractivity (Wildman–Crippen MR) is 270 cm³/mol. The zero-order valence-corrected chi connectivity index (χ0v) is 42.2. The van der Waals surface area contributed by atoms with Crippen LogP contribution in [0.3, 0.4) is 0 Å². The molecule has 5 N–H and O–H groups in total. The molecule has 0 aromatic rings. The highest BCUT2D eigenvalue weighted by Gasteiger charge is 2.28. The molecule has 4 unspecified atom stereocenters. The van der Waals surface area contributed by atoms with Gasteiger partial charge in [-0.25, -0.2) is 0 Å². The van der Waals surface area contributed by atoms with Crippen LogP contribution in [0.2, 0.25) is 0 Å². The summed E-state index contributed by atoms with van der Waals surface area (Å²) in [6.45, 7) is 4.08. The first kappa shape index (κ1) is 61.3. The fourth-order valence-electron chi connectivity index (χ4n) is 9.35. The summed E-state index contributed by atoms with van der Waals surface area (Å²) in [5, 5.41) is 43.8.